The normalized spacial score (nSPS) is 25.3. The minimum absolute atomic E-state index is 0.133. The molecule has 1 fully saturated rings. The summed E-state index contributed by atoms with van der Waals surface area (Å²) in [6.07, 6.45) is 2.08. The van der Waals surface area contributed by atoms with Crippen LogP contribution in [0.15, 0.2) is 89.6 Å². The Morgan fingerprint density at radius 2 is 1.54 bits per heavy atom. The topological polar surface area (TPSA) is 66.5 Å². The zero-order valence-corrected chi connectivity index (χ0v) is 21.5. The second-order valence-electron chi connectivity index (χ2n) is 9.69. The molecule has 2 aromatic heterocycles. The van der Waals surface area contributed by atoms with Gasteiger partial charge in [-0.1, -0.05) is 54.6 Å². The number of anilines is 2. The first-order valence-corrected chi connectivity index (χ1v) is 13.9. The van der Waals surface area contributed by atoms with Crippen LogP contribution < -0.4 is 10.2 Å². The Hall–Kier alpha value is -3.81. The summed E-state index contributed by atoms with van der Waals surface area (Å²) in [6.45, 7) is 2.03. The number of rotatable bonds is 4. The molecule has 37 heavy (non-hydrogen) atoms. The highest BCUT2D eigenvalue weighted by molar-refractivity contribution is 7.12. The molecule has 3 aliphatic rings. The van der Waals surface area contributed by atoms with E-state index in [1.54, 1.807) is 12.1 Å². The second kappa shape index (κ2) is 8.10. The first-order chi connectivity index (χ1) is 18.0. The van der Waals surface area contributed by atoms with Crippen LogP contribution in [0.1, 0.15) is 37.4 Å². The molecule has 7 rings (SSSR count). The standard InChI is InChI=1S/C30H22N2O3S2/c1-17-16-24-30(19-9-3-4-10-20(19)31-29(30)35)25(27(33)22-12-6-14-36-22)26(28(34)23-13-7-15-37-23)32(24)21-11-5-2-8-18(17)21/h2-16,24-26H,1H3,(H,31,35)/t24-,25+,26+,30-/m1/s1. The third-order valence-electron chi connectivity index (χ3n) is 7.96. The van der Waals surface area contributed by atoms with Crippen molar-refractivity contribution in [2.75, 3.05) is 10.2 Å². The molecular formula is C30H22N2O3S2. The third kappa shape index (κ3) is 2.92. The molecule has 5 nitrogen and oxygen atoms in total. The van der Waals surface area contributed by atoms with E-state index < -0.39 is 23.4 Å². The Labute approximate surface area is 222 Å². The Balaban J connectivity index is 1.57. The molecular weight excluding hydrogens is 500 g/mol. The number of para-hydroxylation sites is 2. The molecule has 182 valence electrons. The summed E-state index contributed by atoms with van der Waals surface area (Å²) in [5.74, 6) is -1.45. The molecule has 1 N–H and O–H groups in total. The first-order valence-electron chi connectivity index (χ1n) is 12.2. The molecule has 1 saturated heterocycles. The highest BCUT2D eigenvalue weighted by atomic mass is 32.1. The predicted octanol–water partition coefficient (Wildman–Crippen LogP) is 6.06. The number of carbonyl (C=O) groups is 3. The van der Waals surface area contributed by atoms with E-state index in [0.717, 1.165) is 22.4 Å². The summed E-state index contributed by atoms with van der Waals surface area (Å²) in [6, 6.07) is 21.5. The quantitative estimate of drug-likeness (QED) is 0.331. The Morgan fingerprint density at radius 3 is 2.27 bits per heavy atom. The van der Waals surface area contributed by atoms with E-state index in [1.807, 2.05) is 78.3 Å². The average molecular weight is 523 g/mol. The number of hydrogen-bond acceptors (Lipinski definition) is 6. The van der Waals surface area contributed by atoms with Gasteiger partial charge in [0.2, 0.25) is 5.91 Å². The second-order valence-corrected chi connectivity index (χ2v) is 11.6. The fraction of sp³-hybridized carbons (Fsp3) is 0.167. The number of carbonyl (C=O) groups excluding carboxylic acids is 3. The number of hydrogen-bond donors (Lipinski definition) is 1. The predicted molar refractivity (Wildman–Crippen MR) is 148 cm³/mol. The molecule has 2 aromatic carbocycles. The van der Waals surface area contributed by atoms with Crippen LogP contribution in [0.5, 0.6) is 0 Å². The number of fused-ring (bicyclic) bond motifs is 6. The van der Waals surface area contributed by atoms with E-state index in [1.165, 1.54) is 22.7 Å². The number of nitrogens with one attached hydrogen (secondary N) is 1. The number of benzene rings is 2. The summed E-state index contributed by atoms with van der Waals surface area (Å²) in [5, 5.41) is 6.81. The van der Waals surface area contributed by atoms with Crippen molar-refractivity contribution in [3.63, 3.8) is 0 Å². The Kier molecular flexibility index (Phi) is 4.90. The monoisotopic (exact) mass is 522 g/mol. The van der Waals surface area contributed by atoms with Crippen molar-refractivity contribution < 1.29 is 14.4 Å². The molecule has 0 bridgehead atoms. The maximum absolute atomic E-state index is 14.5. The van der Waals surface area contributed by atoms with Crippen molar-refractivity contribution in [3.05, 3.63) is 111 Å². The zero-order chi connectivity index (χ0) is 25.3. The van der Waals surface area contributed by atoms with Gasteiger partial charge in [0.1, 0.15) is 11.5 Å². The van der Waals surface area contributed by atoms with Gasteiger partial charge in [-0.15, -0.1) is 22.7 Å². The van der Waals surface area contributed by atoms with Crippen LogP contribution in [0, 0.1) is 5.92 Å². The van der Waals surface area contributed by atoms with Crippen molar-refractivity contribution >= 4 is 57.1 Å². The minimum Gasteiger partial charge on any atom is -0.352 e. The van der Waals surface area contributed by atoms with E-state index in [-0.39, 0.29) is 17.5 Å². The molecule has 3 aliphatic heterocycles. The zero-order valence-electron chi connectivity index (χ0n) is 19.9. The summed E-state index contributed by atoms with van der Waals surface area (Å²) < 4.78 is 0. The molecule has 5 heterocycles. The van der Waals surface area contributed by atoms with Crippen molar-refractivity contribution in [2.24, 2.45) is 5.92 Å². The van der Waals surface area contributed by atoms with Gasteiger partial charge in [0, 0.05) is 16.9 Å². The maximum atomic E-state index is 14.5. The van der Waals surface area contributed by atoms with Gasteiger partial charge in [-0.3, -0.25) is 14.4 Å². The largest absolute Gasteiger partial charge is 0.352 e. The smallest absolute Gasteiger partial charge is 0.238 e. The van der Waals surface area contributed by atoms with Crippen LogP contribution in [0.3, 0.4) is 0 Å². The number of thiophene rings is 2. The minimum atomic E-state index is -1.26. The van der Waals surface area contributed by atoms with Crippen molar-refractivity contribution in [2.45, 2.75) is 24.4 Å². The van der Waals surface area contributed by atoms with Gasteiger partial charge in [0.15, 0.2) is 11.6 Å². The van der Waals surface area contributed by atoms with Gasteiger partial charge in [-0.25, -0.2) is 0 Å². The average Bonchev–Trinajstić information content (AvgIpc) is 3.71. The molecule has 4 atom stereocenters. The van der Waals surface area contributed by atoms with Crippen LogP contribution in [-0.2, 0) is 10.2 Å². The fourth-order valence-corrected chi connectivity index (χ4v) is 7.93. The van der Waals surface area contributed by atoms with Crippen LogP contribution >= 0.6 is 22.7 Å². The SMILES string of the molecule is CC1=C[C@H]2N(c3ccccc31)[C@H](C(=O)c1cccs1)[C@@H](C(=O)c1cccs1)[C@]21C(=O)Nc2ccccc21. The summed E-state index contributed by atoms with van der Waals surface area (Å²) in [5.41, 5.74) is 3.12. The number of nitrogens with zero attached hydrogens (tertiary/aromatic N) is 1. The van der Waals surface area contributed by atoms with Gasteiger partial charge in [-0.2, -0.15) is 0 Å². The highest BCUT2D eigenvalue weighted by Gasteiger charge is 2.70. The van der Waals surface area contributed by atoms with Gasteiger partial charge in [0.25, 0.3) is 0 Å². The number of amides is 1. The number of allylic oxidation sites excluding steroid dienone is 1. The molecule has 4 aromatic rings. The first kappa shape index (κ1) is 22.4. The maximum Gasteiger partial charge on any atom is 0.238 e. The van der Waals surface area contributed by atoms with E-state index in [9.17, 15) is 14.4 Å². The highest BCUT2D eigenvalue weighted by Crippen LogP contribution is 2.59. The van der Waals surface area contributed by atoms with E-state index in [2.05, 4.69) is 16.3 Å². The summed E-state index contributed by atoms with van der Waals surface area (Å²) in [7, 11) is 0. The lowest BCUT2D eigenvalue weighted by atomic mass is 9.64. The Morgan fingerprint density at radius 1 is 0.865 bits per heavy atom. The van der Waals surface area contributed by atoms with Crippen molar-refractivity contribution in [1.82, 2.24) is 0 Å². The van der Waals surface area contributed by atoms with Crippen molar-refractivity contribution in [1.29, 1.82) is 0 Å². The van der Waals surface area contributed by atoms with Crippen LogP contribution in [0.4, 0.5) is 11.4 Å². The van der Waals surface area contributed by atoms with Gasteiger partial charge < -0.3 is 10.2 Å². The van der Waals surface area contributed by atoms with Crippen LogP contribution in [-0.4, -0.2) is 29.6 Å². The van der Waals surface area contributed by atoms with Crippen LogP contribution in [0.25, 0.3) is 5.57 Å². The lowest BCUT2D eigenvalue weighted by molar-refractivity contribution is -0.121. The lowest BCUT2D eigenvalue weighted by Crippen LogP contribution is -2.51. The molecule has 7 heteroatoms. The summed E-state index contributed by atoms with van der Waals surface area (Å²) >= 11 is 2.72. The van der Waals surface area contributed by atoms with Crippen molar-refractivity contribution in [3.8, 4) is 0 Å². The molecule has 0 saturated carbocycles. The van der Waals surface area contributed by atoms with E-state index in [4.69, 9.17) is 0 Å². The molecule has 1 spiro atoms. The number of ketones is 2. The Bertz CT molecular complexity index is 1610. The molecule has 1 amide bonds. The van der Waals surface area contributed by atoms with E-state index in [0.29, 0.717) is 15.4 Å². The van der Waals surface area contributed by atoms with Gasteiger partial charge in [0.05, 0.1) is 21.7 Å². The van der Waals surface area contributed by atoms with Gasteiger partial charge >= 0.3 is 0 Å². The molecule has 0 radical (unpaired) electrons. The molecule has 0 aliphatic carbocycles. The fourth-order valence-electron chi connectivity index (χ4n) is 6.52. The van der Waals surface area contributed by atoms with Gasteiger partial charge in [-0.05, 0) is 53.1 Å². The number of Topliss-reactive ketones (excluding diaryl/α,β-unsaturated/α-hetero) is 2. The van der Waals surface area contributed by atoms with Crippen LogP contribution in [0.2, 0.25) is 0 Å². The lowest BCUT2D eigenvalue weighted by Gasteiger charge is -2.39. The van der Waals surface area contributed by atoms with E-state index >= 15 is 0 Å². The summed E-state index contributed by atoms with van der Waals surface area (Å²) in [4.78, 5) is 46.3. The molecule has 0 unspecified atom stereocenters. The third-order valence-corrected chi connectivity index (χ3v) is 9.73.